The van der Waals surface area contributed by atoms with E-state index in [0.717, 1.165) is 48.9 Å². The van der Waals surface area contributed by atoms with Gasteiger partial charge in [-0.3, -0.25) is 19.9 Å². The molecule has 2 bridgehead atoms. The van der Waals surface area contributed by atoms with Crippen LogP contribution in [0.3, 0.4) is 0 Å². The van der Waals surface area contributed by atoms with Crippen molar-refractivity contribution in [2.45, 2.75) is 75.8 Å². The Bertz CT molecular complexity index is 1240. The summed E-state index contributed by atoms with van der Waals surface area (Å²) in [5.74, 6) is -0.333. The topological polar surface area (TPSA) is 140 Å². The first kappa shape index (κ1) is 22.2. The predicted octanol–water partition coefficient (Wildman–Crippen LogP) is 2.93. The van der Waals surface area contributed by atoms with Gasteiger partial charge < -0.3 is 16.0 Å². The van der Waals surface area contributed by atoms with Crippen molar-refractivity contribution < 1.29 is 14.1 Å². The van der Waals surface area contributed by atoms with E-state index in [1.807, 2.05) is 42.3 Å². The second-order valence-electron chi connectivity index (χ2n) is 11.6. The second kappa shape index (κ2) is 7.10. The fourth-order valence-corrected chi connectivity index (χ4v) is 6.40. The summed E-state index contributed by atoms with van der Waals surface area (Å²) >= 11 is 0. The van der Waals surface area contributed by atoms with Gasteiger partial charge in [0.05, 0.1) is 28.8 Å². The Morgan fingerprint density at radius 3 is 2.43 bits per heavy atom. The number of hydrogen-bond donors (Lipinski definition) is 4. The van der Waals surface area contributed by atoms with Crippen LogP contribution in [0.15, 0.2) is 46.2 Å². The van der Waals surface area contributed by atoms with Gasteiger partial charge in [-0.1, -0.05) is 36.3 Å². The molecule has 2 heterocycles. The van der Waals surface area contributed by atoms with Crippen molar-refractivity contribution in [3.63, 3.8) is 0 Å². The number of nitrogens with two attached hydrogens (primary N) is 2. The number of amides is 2. The molecule has 2 aromatic rings. The number of primary amides is 1. The maximum absolute atomic E-state index is 12.9. The third-order valence-electron chi connectivity index (χ3n) is 8.60. The SMILES string of the molecule is CC(C(=O)Nc1cc(C23CC(C)(C2)C3)no1)c1ccc(C2NN(C3(C)CC3)C(N)=C2C(N)=O)cc1. The lowest BCUT2D eigenvalue weighted by Gasteiger charge is -2.68. The molecule has 9 nitrogen and oxygen atoms in total. The van der Waals surface area contributed by atoms with Crippen molar-refractivity contribution in [2.24, 2.45) is 16.9 Å². The smallest absolute Gasteiger partial charge is 0.250 e. The average molecular weight is 477 g/mol. The predicted molar refractivity (Wildman–Crippen MR) is 129 cm³/mol. The molecule has 7 rings (SSSR count). The van der Waals surface area contributed by atoms with Gasteiger partial charge in [-0.2, -0.15) is 0 Å². The zero-order chi connectivity index (χ0) is 24.8. The average Bonchev–Trinajstić information content (AvgIpc) is 3.19. The lowest BCUT2D eigenvalue weighted by atomic mass is 9.35. The summed E-state index contributed by atoms with van der Waals surface area (Å²) in [5.41, 5.74) is 18.9. The van der Waals surface area contributed by atoms with E-state index >= 15 is 0 Å². The molecule has 1 aliphatic heterocycles. The summed E-state index contributed by atoms with van der Waals surface area (Å²) in [6.45, 7) is 6.25. The molecular weight excluding hydrogens is 444 g/mol. The van der Waals surface area contributed by atoms with Gasteiger partial charge in [-0.05, 0) is 62.5 Å². The van der Waals surface area contributed by atoms with E-state index in [2.05, 4.69) is 29.7 Å². The van der Waals surface area contributed by atoms with Crippen molar-refractivity contribution in [1.82, 2.24) is 15.6 Å². The molecule has 6 N–H and O–H groups in total. The van der Waals surface area contributed by atoms with Gasteiger partial charge in [0.1, 0.15) is 5.82 Å². The van der Waals surface area contributed by atoms with Crippen LogP contribution in [0.5, 0.6) is 0 Å². The zero-order valence-corrected chi connectivity index (χ0v) is 20.4. The lowest BCUT2D eigenvalue weighted by molar-refractivity contribution is -0.129. The molecule has 0 radical (unpaired) electrons. The maximum atomic E-state index is 12.9. The molecule has 0 saturated heterocycles. The molecule has 2 unspecified atom stereocenters. The van der Waals surface area contributed by atoms with Crippen LogP contribution >= 0.6 is 0 Å². The van der Waals surface area contributed by atoms with Gasteiger partial charge in [-0.25, -0.2) is 5.43 Å². The van der Waals surface area contributed by atoms with E-state index in [9.17, 15) is 9.59 Å². The molecule has 4 saturated carbocycles. The Labute approximate surface area is 204 Å². The van der Waals surface area contributed by atoms with E-state index in [0.29, 0.717) is 22.7 Å². The Morgan fingerprint density at radius 1 is 1.20 bits per heavy atom. The first-order chi connectivity index (χ1) is 16.5. The highest BCUT2D eigenvalue weighted by Crippen LogP contribution is 2.73. The fraction of sp³-hybridized carbons (Fsp3) is 0.500. The maximum Gasteiger partial charge on any atom is 0.250 e. The van der Waals surface area contributed by atoms with Gasteiger partial charge >= 0.3 is 0 Å². The molecule has 0 spiro atoms. The highest BCUT2D eigenvalue weighted by molar-refractivity contribution is 5.95. The standard InChI is InChI=1S/C26H32N6O3/c1-14(23(34)29-18-10-17(31-35-18)26-11-24(2,12-26)13-26)15-4-6-16(7-5-15)20-19(22(28)33)21(27)32(30-20)25(3)8-9-25/h4-7,10,14,20,30H,8-9,11-13,27H2,1-3H3,(H2,28,33)(H,29,34). The number of hydrogen-bond acceptors (Lipinski definition) is 7. The second-order valence-corrected chi connectivity index (χ2v) is 11.6. The number of hydrazine groups is 1. The third kappa shape index (κ3) is 3.36. The zero-order valence-electron chi connectivity index (χ0n) is 20.4. The molecule has 184 valence electrons. The number of nitrogens with zero attached hydrogens (tertiary/aromatic N) is 2. The van der Waals surface area contributed by atoms with Crippen LogP contribution in [-0.4, -0.2) is 27.5 Å². The van der Waals surface area contributed by atoms with Crippen LogP contribution in [0, 0.1) is 5.41 Å². The van der Waals surface area contributed by atoms with Crippen LogP contribution in [-0.2, 0) is 15.0 Å². The van der Waals surface area contributed by atoms with Gasteiger partial charge in [0, 0.05) is 11.5 Å². The van der Waals surface area contributed by atoms with E-state index in [-0.39, 0.29) is 16.9 Å². The normalized spacial score (nSPS) is 30.9. The molecule has 1 aromatic carbocycles. The number of carbonyl (C=O) groups excluding carboxylic acids is 2. The van der Waals surface area contributed by atoms with E-state index in [1.165, 1.54) is 0 Å². The highest BCUT2D eigenvalue weighted by Gasteiger charge is 2.66. The van der Waals surface area contributed by atoms with Gasteiger partial charge in [0.15, 0.2) is 0 Å². The van der Waals surface area contributed by atoms with Crippen LogP contribution < -0.4 is 22.2 Å². The Morgan fingerprint density at radius 2 is 1.86 bits per heavy atom. The molecule has 1 aromatic heterocycles. The fourth-order valence-electron chi connectivity index (χ4n) is 6.40. The lowest BCUT2D eigenvalue weighted by Crippen LogP contribution is -2.62. The number of benzene rings is 1. The largest absolute Gasteiger partial charge is 0.384 e. The van der Waals surface area contributed by atoms with E-state index < -0.39 is 17.9 Å². The van der Waals surface area contributed by atoms with Crippen LogP contribution in [0.2, 0.25) is 0 Å². The molecule has 9 heteroatoms. The summed E-state index contributed by atoms with van der Waals surface area (Å²) in [4.78, 5) is 25.1. The molecule has 5 aliphatic rings. The summed E-state index contributed by atoms with van der Waals surface area (Å²) in [6, 6.07) is 9.04. The molecule has 2 atom stereocenters. The van der Waals surface area contributed by atoms with Gasteiger partial charge in [0.2, 0.25) is 17.7 Å². The Balaban J connectivity index is 1.14. The van der Waals surface area contributed by atoms with Crippen molar-refractivity contribution in [3.8, 4) is 0 Å². The Kier molecular flexibility index (Phi) is 4.49. The molecule has 2 amide bonds. The summed E-state index contributed by atoms with van der Waals surface area (Å²) in [5, 5.41) is 8.96. The van der Waals surface area contributed by atoms with Crippen LogP contribution in [0.4, 0.5) is 5.88 Å². The molecule has 4 fully saturated rings. The Hall–Kier alpha value is -3.33. The van der Waals surface area contributed by atoms with Crippen molar-refractivity contribution in [3.05, 3.63) is 58.5 Å². The summed E-state index contributed by atoms with van der Waals surface area (Å²) in [7, 11) is 0. The monoisotopic (exact) mass is 476 g/mol. The summed E-state index contributed by atoms with van der Waals surface area (Å²) < 4.78 is 5.42. The molecule has 35 heavy (non-hydrogen) atoms. The molecular formula is C26H32N6O3. The van der Waals surface area contributed by atoms with Crippen molar-refractivity contribution in [2.75, 3.05) is 5.32 Å². The van der Waals surface area contributed by atoms with Crippen LogP contribution in [0.1, 0.15) is 81.7 Å². The van der Waals surface area contributed by atoms with Crippen molar-refractivity contribution in [1.29, 1.82) is 0 Å². The number of anilines is 1. The first-order valence-electron chi connectivity index (χ1n) is 12.3. The van der Waals surface area contributed by atoms with E-state index in [1.54, 1.807) is 0 Å². The quantitative estimate of drug-likeness (QED) is 0.482. The first-order valence-corrected chi connectivity index (χ1v) is 12.3. The van der Waals surface area contributed by atoms with E-state index in [4.69, 9.17) is 16.0 Å². The van der Waals surface area contributed by atoms with Crippen molar-refractivity contribution >= 4 is 17.7 Å². The number of nitrogens with one attached hydrogen (secondary N) is 2. The number of aromatic nitrogens is 1. The van der Waals surface area contributed by atoms with Gasteiger partial charge in [0.25, 0.3) is 0 Å². The number of rotatable bonds is 7. The summed E-state index contributed by atoms with van der Waals surface area (Å²) in [6.07, 6.45) is 5.44. The minimum absolute atomic E-state index is 0.0940. The molecule has 4 aliphatic carbocycles. The minimum atomic E-state index is -0.539. The van der Waals surface area contributed by atoms with Gasteiger partial charge in [-0.15, -0.1) is 0 Å². The minimum Gasteiger partial charge on any atom is -0.384 e. The number of carbonyl (C=O) groups is 2. The highest BCUT2D eigenvalue weighted by atomic mass is 16.5. The van der Waals surface area contributed by atoms with Crippen LogP contribution in [0.25, 0.3) is 0 Å². The third-order valence-corrected chi connectivity index (χ3v) is 8.60.